The van der Waals surface area contributed by atoms with E-state index in [0.717, 1.165) is 12.1 Å². The molecule has 2 nitrogen and oxygen atoms in total. The van der Waals surface area contributed by atoms with Crippen molar-refractivity contribution in [3.8, 4) is 0 Å². The van der Waals surface area contributed by atoms with E-state index < -0.39 is 23.3 Å². The van der Waals surface area contributed by atoms with Crippen LogP contribution < -0.4 is 0 Å². The van der Waals surface area contributed by atoms with Gasteiger partial charge in [-0.05, 0) is 12.1 Å². The number of Topliss-reactive ketones (excluding diaryl/α,β-unsaturated/α-hetero) is 1. The maximum absolute atomic E-state index is 13.2. The first-order valence-corrected chi connectivity index (χ1v) is 4.17. The fourth-order valence-electron chi connectivity index (χ4n) is 1.38. The molecule has 72 valence electrons. The molecule has 0 spiro atoms. The van der Waals surface area contributed by atoms with Crippen molar-refractivity contribution >= 4 is 17.7 Å². The van der Waals surface area contributed by atoms with Crippen LogP contribution in [0.5, 0.6) is 0 Å². The molecule has 1 aromatic rings. The molecule has 0 radical (unpaired) electrons. The quantitative estimate of drug-likeness (QED) is 0.625. The molecule has 2 rings (SSSR count). The minimum atomic E-state index is -0.713. The van der Waals surface area contributed by atoms with Gasteiger partial charge in [-0.2, -0.15) is 0 Å². The fraction of sp³-hybridized carbons (Fsp3) is 0.200. The van der Waals surface area contributed by atoms with Crippen LogP contribution >= 0.6 is 0 Å². The first kappa shape index (κ1) is 8.99. The lowest BCUT2D eigenvalue weighted by atomic mass is 9.95. The number of fused-ring (bicyclic) bond motifs is 1. The lowest BCUT2D eigenvalue weighted by Gasteiger charge is -2.14. The number of carbonyl (C=O) groups is 1. The highest BCUT2D eigenvalue weighted by Crippen LogP contribution is 2.30. The summed E-state index contributed by atoms with van der Waals surface area (Å²) in [6, 6.07) is 1.91. The molecule has 0 aliphatic carbocycles. The average molecular weight is 195 g/mol. The van der Waals surface area contributed by atoms with Crippen molar-refractivity contribution < 1.29 is 13.6 Å². The van der Waals surface area contributed by atoms with Crippen LogP contribution in [0.1, 0.15) is 17.3 Å². The van der Waals surface area contributed by atoms with Crippen molar-refractivity contribution in [3.05, 3.63) is 29.3 Å². The number of carbonyl (C=O) groups excluding carboxylic acids is 1. The maximum Gasteiger partial charge on any atom is 0.176 e. The molecule has 1 aromatic carbocycles. The molecule has 14 heavy (non-hydrogen) atoms. The average Bonchev–Trinajstić information content (AvgIpc) is 2.16. The van der Waals surface area contributed by atoms with E-state index in [9.17, 15) is 13.6 Å². The molecule has 0 N–H and O–H groups in total. The molecule has 0 aromatic heterocycles. The van der Waals surface area contributed by atoms with E-state index in [0.29, 0.717) is 0 Å². The fourth-order valence-corrected chi connectivity index (χ4v) is 1.38. The standard InChI is InChI=1S/C10H7F2NO/c1-5-4-13-9-7(12)3-2-6(11)8(9)10(5)14/h2-5H,1H3. The van der Waals surface area contributed by atoms with Crippen LogP contribution in [-0.2, 0) is 0 Å². The predicted octanol–water partition coefficient (Wildman–Crippen LogP) is 2.50. The predicted molar refractivity (Wildman–Crippen MR) is 48.0 cm³/mol. The Morgan fingerprint density at radius 2 is 1.93 bits per heavy atom. The van der Waals surface area contributed by atoms with Crippen LogP contribution in [0.25, 0.3) is 0 Å². The van der Waals surface area contributed by atoms with E-state index in [1.54, 1.807) is 6.92 Å². The van der Waals surface area contributed by atoms with Gasteiger partial charge in [0.2, 0.25) is 0 Å². The summed E-state index contributed by atoms with van der Waals surface area (Å²) in [4.78, 5) is 15.2. The lowest BCUT2D eigenvalue weighted by molar-refractivity contribution is 0.0958. The Balaban J connectivity index is 2.73. The monoisotopic (exact) mass is 195 g/mol. The first-order chi connectivity index (χ1) is 6.61. The van der Waals surface area contributed by atoms with Gasteiger partial charge >= 0.3 is 0 Å². The molecule has 0 saturated heterocycles. The highest BCUT2D eigenvalue weighted by molar-refractivity contribution is 6.12. The molecule has 0 bridgehead atoms. The molecule has 0 amide bonds. The van der Waals surface area contributed by atoms with Gasteiger partial charge < -0.3 is 0 Å². The first-order valence-electron chi connectivity index (χ1n) is 4.17. The molecule has 1 aliphatic heterocycles. The Kier molecular flexibility index (Phi) is 1.91. The van der Waals surface area contributed by atoms with Crippen LogP contribution in [0.2, 0.25) is 0 Å². The van der Waals surface area contributed by atoms with E-state index in [1.165, 1.54) is 6.21 Å². The van der Waals surface area contributed by atoms with Gasteiger partial charge in [-0.3, -0.25) is 9.79 Å². The van der Waals surface area contributed by atoms with Crippen molar-refractivity contribution in [1.82, 2.24) is 0 Å². The summed E-state index contributed by atoms with van der Waals surface area (Å²) in [5.41, 5.74) is -0.423. The second-order valence-electron chi connectivity index (χ2n) is 3.18. The number of halogens is 2. The minimum absolute atomic E-state index is 0.187. The second-order valence-corrected chi connectivity index (χ2v) is 3.18. The van der Waals surface area contributed by atoms with Crippen molar-refractivity contribution in [1.29, 1.82) is 0 Å². The molecule has 1 unspecified atom stereocenters. The zero-order valence-electron chi connectivity index (χ0n) is 7.42. The third-order valence-electron chi connectivity index (χ3n) is 2.17. The van der Waals surface area contributed by atoms with Gasteiger partial charge in [-0.25, -0.2) is 8.78 Å². The zero-order chi connectivity index (χ0) is 10.3. The highest BCUT2D eigenvalue weighted by Gasteiger charge is 2.26. The Morgan fingerprint density at radius 3 is 2.64 bits per heavy atom. The molecule has 1 aliphatic rings. The van der Waals surface area contributed by atoms with E-state index in [4.69, 9.17) is 0 Å². The number of hydrogen-bond donors (Lipinski definition) is 0. The van der Waals surface area contributed by atoms with Gasteiger partial charge in [-0.15, -0.1) is 0 Å². The van der Waals surface area contributed by atoms with Crippen LogP contribution in [0.4, 0.5) is 14.5 Å². The lowest BCUT2D eigenvalue weighted by Crippen LogP contribution is -2.18. The summed E-state index contributed by atoms with van der Waals surface area (Å²) >= 11 is 0. The van der Waals surface area contributed by atoms with Crippen molar-refractivity contribution in [2.24, 2.45) is 10.9 Å². The smallest absolute Gasteiger partial charge is 0.176 e. The van der Waals surface area contributed by atoms with Crippen molar-refractivity contribution in [2.75, 3.05) is 0 Å². The molecular weight excluding hydrogens is 188 g/mol. The number of rotatable bonds is 0. The number of benzene rings is 1. The number of ketones is 1. The number of nitrogens with zero attached hydrogens (tertiary/aromatic N) is 1. The van der Waals surface area contributed by atoms with Gasteiger partial charge in [0, 0.05) is 6.21 Å². The molecule has 1 atom stereocenters. The van der Waals surface area contributed by atoms with Crippen molar-refractivity contribution in [2.45, 2.75) is 6.92 Å². The van der Waals surface area contributed by atoms with E-state index in [1.807, 2.05) is 0 Å². The van der Waals surface area contributed by atoms with E-state index >= 15 is 0 Å². The minimum Gasteiger partial charge on any atom is -0.293 e. The third-order valence-corrected chi connectivity index (χ3v) is 2.17. The Morgan fingerprint density at radius 1 is 1.29 bits per heavy atom. The zero-order valence-corrected chi connectivity index (χ0v) is 7.42. The number of aliphatic imine (C=N–C) groups is 1. The SMILES string of the molecule is CC1C=Nc2c(F)ccc(F)c2C1=O. The number of hydrogen-bond acceptors (Lipinski definition) is 2. The molecule has 0 fully saturated rings. The third kappa shape index (κ3) is 1.14. The summed E-state index contributed by atoms with van der Waals surface area (Å²) in [5, 5.41) is 0. The Bertz CT molecular complexity index is 440. The Hall–Kier alpha value is -1.58. The van der Waals surface area contributed by atoms with Gasteiger partial charge in [0.05, 0.1) is 11.5 Å². The Labute approximate surface area is 79.3 Å². The molecular formula is C10H7F2NO. The van der Waals surface area contributed by atoms with Crippen LogP contribution in [-0.4, -0.2) is 12.0 Å². The van der Waals surface area contributed by atoms with Crippen molar-refractivity contribution in [3.63, 3.8) is 0 Å². The van der Waals surface area contributed by atoms with Crippen LogP contribution in [0.3, 0.4) is 0 Å². The molecule has 4 heteroatoms. The highest BCUT2D eigenvalue weighted by atomic mass is 19.1. The summed E-state index contributed by atoms with van der Waals surface area (Å²) < 4.78 is 26.3. The summed E-state index contributed by atoms with van der Waals surface area (Å²) in [6.45, 7) is 1.60. The van der Waals surface area contributed by atoms with Crippen LogP contribution in [0.15, 0.2) is 17.1 Å². The van der Waals surface area contributed by atoms with Gasteiger partial charge in [-0.1, -0.05) is 6.92 Å². The maximum atomic E-state index is 13.2. The van der Waals surface area contributed by atoms with E-state index in [2.05, 4.69) is 4.99 Å². The topological polar surface area (TPSA) is 29.4 Å². The summed E-state index contributed by atoms with van der Waals surface area (Å²) in [5.74, 6) is -2.29. The van der Waals surface area contributed by atoms with Gasteiger partial charge in [0.1, 0.15) is 17.3 Å². The molecule has 0 saturated carbocycles. The second kappa shape index (κ2) is 2.97. The largest absolute Gasteiger partial charge is 0.293 e. The normalized spacial score (nSPS) is 19.6. The summed E-state index contributed by atoms with van der Waals surface area (Å²) in [6.07, 6.45) is 1.33. The van der Waals surface area contributed by atoms with Gasteiger partial charge in [0.25, 0.3) is 0 Å². The van der Waals surface area contributed by atoms with E-state index in [-0.39, 0.29) is 11.3 Å². The summed E-state index contributed by atoms with van der Waals surface area (Å²) in [7, 11) is 0. The molecule has 1 heterocycles. The van der Waals surface area contributed by atoms with Crippen LogP contribution in [0, 0.1) is 17.6 Å². The van der Waals surface area contributed by atoms with Gasteiger partial charge in [0.15, 0.2) is 5.78 Å².